The molecule has 1 heterocycles. The summed E-state index contributed by atoms with van der Waals surface area (Å²) >= 11 is 5.10. The Kier molecular flexibility index (Phi) is 5.79. The lowest BCUT2D eigenvalue weighted by Crippen LogP contribution is -2.35. The number of thiocarbonyl (C=S) groups is 1. The van der Waals surface area contributed by atoms with Crippen molar-refractivity contribution in [3.63, 3.8) is 0 Å². The van der Waals surface area contributed by atoms with Gasteiger partial charge in [0.25, 0.3) is 0 Å². The molecule has 0 saturated heterocycles. The molecule has 0 aliphatic rings. The summed E-state index contributed by atoms with van der Waals surface area (Å²) < 4.78 is 5.85. The van der Waals surface area contributed by atoms with Crippen LogP contribution in [-0.4, -0.2) is 23.2 Å². The molecule has 0 amide bonds. The maximum atomic E-state index is 5.85. The summed E-state index contributed by atoms with van der Waals surface area (Å²) in [6.45, 7) is 12.1. The van der Waals surface area contributed by atoms with Gasteiger partial charge in [0, 0.05) is 24.9 Å². The van der Waals surface area contributed by atoms with Crippen LogP contribution in [0.2, 0.25) is 0 Å². The zero-order valence-electron chi connectivity index (χ0n) is 12.6. The van der Waals surface area contributed by atoms with Gasteiger partial charge in [0.15, 0.2) is 11.0 Å². The van der Waals surface area contributed by atoms with E-state index in [-0.39, 0.29) is 5.41 Å². The van der Waals surface area contributed by atoms with Crippen molar-refractivity contribution in [2.45, 2.75) is 52.9 Å². The second-order valence-electron chi connectivity index (χ2n) is 5.67. The molecular formula is C14H25N3OS. The third kappa shape index (κ3) is 5.19. The van der Waals surface area contributed by atoms with Crippen molar-refractivity contribution < 1.29 is 4.42 Å². The van der Waals surface area contributed by atoms with E-state index in [1.165, 1.54) is 0 Å². The summed E-state index contributed by atoms with van der Waals surface area (Å²) in [5, 5.41) is 6.95. The van der Waals surface area contributed by atoms with Crippen molar-refractivity contribution in [2.75, 3.05) is 13.1 Å². The van der Waals surface area contributed by atoms with Gasteiger partial charge in [-0.2, -0.15) is 0 Å². The molecule has 0 bridgehead atoms. The molecular weight excluding hydrogens is 258 g/mol. The molecule has 0 saturated carbocycles. The molecule has 5 heteroatoms. The molecule has 0 aliphatic carbocycles. The lowest BCUT2D eigenvalue weighted by atomic mass is 9.97. The average molecular weight is 283 g/mol. The summed E-state index contributed by atoms with van der Waals surface area (Å²) in [7, 11) is 0. The number of nitrogens with one attached hydrogen (secondary N) is 2. The van der Waals surface area contributed by atoms with Gasteiger partial charge in [-0.15, -0.1) is 0 Å². The standard InChI is InChI=1S/C14H25N3OS/c1-6-15-13(19)16-9-7-8-11-10(2)17-12(18-11)14(3,4)5/h6-9H2,1-5H3,(H2,15,16,19). The first-order valence-corrected chi connectivity index (χ1v) is 7.24. The fourth-order valence-corrected chi connectivity index (χ4v) is 1.90. The molecule has 0 aromatic carbocycles. The molecule has 1 aromatic rings. The van der Waals surface area contributed by atoms with Gasteiger partial charge in [0.05, 0.1) is 5.69 Å². The second-order valence-corrected chi connectivity index (χ2v) is 6.08. The van der Waals surface area contributed by atoms with Gasteiger partial charge in [0.2, 0.25) is 0 Å². The van der Waals surface area contributed by atoms with Crippen LogP contribution in [0.5, 0.6) is 0 Å². The van der Waals surface area contributed by atoms with Gasteiger partial charge in [-0.25, -0.2) is 4.98 Å². The van der Waals surface area contributed by atoms with Crippen LogP contribution in [0.4, 0.5) is 0 Å². The maximum Gasteiger partial charge on any atom is 0.199 e. The molecule has 1 aromatic heterocycles. The van der Waals surface area contributed by atoms with E-state index in [4.69, 9.17) is 16.6 Å². The van der Waals surface area contributed by atoms with Crippen molar-refractivity contribution in [3.8, 4) is 0 Å². The monoisotopic (exact) mass is 283 g/mol. The normalized spacial score (nSPS) is 11.4. The SMILES string of the molecule is CCNC(=S)NCCCc1oc(C(C)(C)C)nc1C. The number of oxazole rings is 1. The van der Waals surface area contributed by atoms with Crippen LogP contribution in [0, 0.1) is 6.92 Å². The molecule has 4 nitrogen and oxygen atoms in total. The van der Waals surface area contributed by atoms with Crippen molar-refractivity contribution in [1.82, 2.24) is 15.6 Å². The fraction of sp³-hybridized carbons (Fsp3) is 0.714. The smallest absolute Gasteiger partial charge is 0.199 e. The van der Waals surface area contributed by atoms with E-state index in [1.54, 1.807) is 0 Å². The largest absolute Gasteiger partial charge is 0.445 e. The van der Waals surface area contributed by atoms with E-state index in [9.17, 15) is 0 Å². The molecule has 0 radical (unpaired) electrons. The van der Waals surface area contributed by atoms with E-state index in [0.717, 1.165) is 43.3 Å². The molecule has 2 N–H and O–H groups in total. The molecule has 0 fully saturated rings. The van der Waals surface area contributed by atoms with Crippen molar-refractivity contribution in [2.24, 2.45) is 0 Å². The zero-order valence-corrected chi connectivity index (χ0v) is 13.4. The highest BCUT2D eigenvalue weighted by Crippen LogP contribution is 2.24. The van der Waals surface area contributed by atoms with Gasteiger partial charge in [-0.3, -0.25) is 0 Å². The van der Waals surface area contributed by atoms with Gasteiger partial charge < -0.3 is 15.1 Å². The van der Waals surface area contributed by atoms with Crippen LogP contribution in [0.25, 0.3) is 0 Å². The van der Waals surface area contributed by atoms with Gasteiger partial charge in [-0.1, -0.05) is 20.8 Å². The van der Waals surface area contributed by atoms with Crippen molar-refractivity contribution in [1.29, 1.82) is 0 Å². The lowest BCUT2D eigenvalue weighted by molar-refractivity contribution is 0.370. The summed E-state index contributed by atoms with van der Waals surface area (Å²) in [5.74, 6) is 1.80. The molecule has 0 unspecified atom stereocenters. The van der Waals surface area contributed by atoms with Crippen LogP contribution < -0.4 is 10.6 Å². The number of aryl methyl sites for hydroxylation is 2. The minimum absolute atomic E-state index is 0.0339. The molecule has 0 aliphatic heterocycles. The molecule has 108 valence electrons. The molecule has 0 spiro atoms. The number of nitrogens with zero attached hydrogens (tertiary/aromatic N) is 1. The Labute approximate surface area is 121 Å². The Balaban J connectivity index is 2.42. The Morgan fingerprint density at radius 1 is 1.32 bits per heavy atom. The highest BCUT2D eigenvalue weighted by atomic mass is 32.1. The first kappa shape index (κ1) is 16.0. The third-order valence-corrected chi connectivity index (χ3v) is 3.03. The van der Waals surface area contributed by atoms with Crippen LogP contribution in [0.3, 0.4) is 0 Å². The highest BCUT2D eigenvalue weighted by Gasteiger charge is 2.21. The Morgan fingerprint density at radius 3 is 2.53 bits per heavy atom. The van der Waals surface area contributed by atoms with Crippen LogP contribution >= 0.6 is 12.2 Å². The number of aromatic nitrogens is 1. The van der Waals surface area contributed by atoms with Crippen molar-refractivity contribution >= 4 is 17.3 Å². The van der Waals surface area contributed by atoms with Gasteiger partial charge in [-0.05, 0) is 32.5 Å². The zero-order chi connectivity index (χ0) is 14.5. The van der Waals surface area contributed by atoms with E-state index < -0.39 is 0 Å². The highest BCUT2D eigenvalue weighted by molar-refractivity contribution is 7.80. The topological polar surface area (TPSA) is 50.1 Å². The Bertz CT molecular complexity index is 421. The predicted molar refractivity (Wildman–Crippen MR) is 82.5 cm³/mol. The summed E-state index contributed by atoms with van der Waals surface area (Å²) in [4.78, 5) is 4.50. The summed E-state index contributed by atoms with van der Waals surface area (Å²) in [5.41, 5.74) is 0.965. The number of hydrogen-bond acceptors (Lipinski definition) is 3. The van der Waals surface area contributed by atoms with Gasteiger partial charge in [0.1, 0.15) is 5.76 Å². The summed E-state index contributed by atoms with van der Waals surface area (Å²) in [6, 6.07) is 0. The Morgan fingerprint density at radius 2 is 2.00 bits per heavy atom. The molecule has 19 heavy (non-hydrogen) atoms. The minimum Gasteiger partial charge on any atom is -0.445 e. The van der Waals surface area contributed by atoms with E-state index in [1.807, 2.05) is 13.8 Å². The third-order valence-electron chi connectivity index (χ3n) is 2.74. The molecule has 1 rings (SSSR count). The fourth-order valence-electron chi connectivity index (χ4n) is 1.65. The van der Waals surface area contributed by atoms with Crippen LogP contribution in [0.15, 0.2) is 4.42 Å². The Hall–Kier alpha value is -1.10. The van der Waals surface area contributed by atoms with Crippen molar-refractivity contribution in [3.05, 3.63) is 17.3 Å². The van der Waals surface area contributed by atoms with E-state index >= 15 is 0 Å². The second kappa shape index (κ2) is 6.89. The maximum absolute atomic E-state index is 5.85. The average Bonchev–Trinajstić information content (AvgIpc) is 2.66. The van der Waals surface area contributed by atoms with Gasteiger partial charge >= 0.3 is 0 Å². The quantitative estimate of drug-likeness (QED) is 0.643. The van der Waals surface area contributed by atoms with Crippen LogP contribution in [-0.2, 0) is 11.8 Å². The first-order valence-electron chi connectivity index (χ1n) is 6.83. The van der Waals surface area contributed by atoms with Crippen LogP contribution in [0.1, 0.15) is 51.5 Å². The minimum atomic E-state index is -0.0339. The predicted octanol–water partition coefficient (Wildman–Crippen LogP) is 2.70. The first-order chi connectivity index (χ1) is 8.84. The van der Waals surface area contributed by atoms with E-state index in [0.29, 0.717) is 5.11 Å². The molecule has 0 atom stereocenters. The number of hydrogen-bond donors (Lipinski definition) is 2. The summed E-state index contributed by atoms with van der Waals surface area (Å²) in [6.07, 6.45) is 1.86. The number of rotatable bonds is 5. The lowest BCUT2D eigenvalue weighted by Gasteiger charge is -2.12. The van der Waals surface area contributed by atoms with E-state index in [2.05, 4.69) is 36.4 Å².